The quantitative estimate of drug-likeness (QED) is 0.861. The number of nitrogens with zero attached hydrogens (tertiary/aromatic N) is 1. The minimum absolute atomic E-state index is 0.273. The smallest absolute Gasteiger partial charge is 0.328 e. The molecule has 0 amide bonds. The van der Waals surface area contributed by atoms with Gasteiger partial charge < -0.3 is 9.84 Å². The molecule has 2 atom stereocenters. The zero-order chi connectivity index (χ0) is 13.8. The number of carboxylic acids is 1. The fraction of sp³-hybridized carbons (Fsp3) is 0.500. The average molecular weight is 281 g/mol. The van der Waals surface area contributed by atoms with E-state index in [0.29, 0.717) is 0 Å². The van der Waals surface area contributed by atoms with E-state index in [1.807, 2.05) is 6.07 Å². The largest absolute Gasteiger partial charge is 0.478 e. The minimum Gasteiger partial charge on any atom is -0.478 e. The first-order valence-electron chi connectivity index (χ1n) is 6.40. The summed E-state index contributed by atoms with van der Waals surface area (Å²) in [7, 11) is 0. The molecule has 1 aliphatic rings. The third-order valence-corrected chi connectivity index (χ3v) is 3.98. The molecule has 104 valence electrons. The first-order valence-corrected chi connectivity index (χ1v) is 7.22. The third kappa shape index (κ3) is 4.45. The van der Waals surface area contributed by atoms with Crippen molar-refractivity contribution in [3.8, 4) is 0 Å². The van der Waals surface area contributed by atoms with Gasteiger partial charge in [0, 0.05) is 35.5 Å². The molecular formula is C14H19NO3S. The van der Waals surface area contributed by atoms with Crippen LogP contribution in [-0.2, 0) is 16.1 Å². The van der Waals surface area contributed by atoms with E-state index in [1.54, 1.807) is 17.4 Å². The molecule has 0 radical (unpaired) electrons. The van der Waals surface area contributed by atoms with Gasteiger partial charge in [-0.05, 0) is 32.1 Å². The number of thiophene rings is 1. The van der Waals surface area contributed by atoms with Crippen LogP contribution in [0.3, 0.4) is 0 Å². The molecule has 1 fully saturated rings. The van der Waals surface area contributed by atoms with Crippen LogP contribution < -0.4 is 0 Å². The first kappa shape index (κ1) is 14.2. The Morgan fingerprint density at radius 1 is 1.47 bits per heavy atom. The van der Waals surface area contributed by atoms with E-state index in [4.69, 9.17) is 9.84 Å². The molecule has 0 saturated carbocycles. The van der Waals surface area contributed by atoms with E-state index in [2.05, 4.69) is 24.8 Å². The Bertz CT molecular complexity index is 459. The monoisotopic (exact) mass is 281 g/mol. The molecule has 1 aromatic heterocycles. The summed E-state index contributed by atoms with van der Waals surface area (Å²) in [5.74, 6) is -0.911. The van der Waals surface area contributed by atoms with Crippen molar-refractivity contribution in [1.29, 1.82) is 0 Å². The van der Waals surface area contributed by atoms with Crippen molar-refractivity contribution in [2.75, 3.05) is 13.1 Å². The number of carboxylic acid groups (broad SMARTS) is 1. The number of carbonyl (C=O) groups is 1. The predicted molar refractivity (Wildman–Crippen MR) is 76.3 cm³/mol. The van der Waals surface area contributed by atoms with E-state index in [-0.39, 0.29) is 12.2 Å². The number of hydrogen-bond acceptors (Lipinski definition) is 4. The highest BCUT2D eigenvalue weighted by molar-refractivity contribution is 7.12. The predicted octanol–water partition coefficient (Wildman–Crippen LogP) is 2.46. The van der Waals surface area contributed by atoms with Gasteiger partial charge in [0.05, 0.1) is 12.2 Å². The molecule has 5 heteroatoms. The van der Waals surface area contributed by atoms with Crippen LogP contribution >= 0.6 is 11.3 Å². The van der Waals surface area contributed by atoms with Gasteiger partial charge in [-0.2, -0.15) is 0 Å². The Balaban J connectivity index is 1.94. The Morgan fingerprint density at radius 2 is 2.16 bits per heavy atom. The molecule has 0 aliphatic carbocycles. The normalized spacial score (nSPS) is 24.9. The summed E-state index contributed by atoms with van der Waals surface area (Å²) in [4.78, 5) is 15.1. The lowest BCUT2D eigenvalue weighted by Crippen LogP contribution is -2.44. The molecule has 1 aromatic rings. The van der Waals surface area contributed by atoms with Crippen molar-refractivity contribution in [2.45, 2.75) is 32.6 Å². The molecule has 1 saturated heterocycles. The maximum Gasteiger partial charge on any atom is 0.328 e. The molecule has 4 nitrogen and oxygen atoms in total. The summed E-state index contributed by atoms with van der Waals surface area (Å²) in [6.45, 7) is 6.99. The van der Waals surface area contributed by atoms with Crippen LogP contribution in [-0.4, -0.2) is 41.3 Å². The Hall–Kier alpha value is -1.17. The maximum atomic E-state index is 10.5. The third-order valence-electron chi connectivity index (χ3n) is 2.95. The van der Waals surface area contributed by atoms with Crippen LogP contribution in [0.15, 0.2) is 18.2 Å². The lowest BCUT2D eigenvalue weighted by atomic mass is 10.2. The van der Waals surface area contributed by atoms with Gasteiger partial charge in [0.25, 0.3) is 0 Å². The average Bonchev–Trinajstić information content (AvgIpc) is 2.72. The Labute approximate surface area is 117 Å². The molecule has 2 rings (SSSR count). The van der Waals surface area contributed by atoms with E-state index in [9.17, 15) is 4.79 Å². The summed E-state index contributed by atoms with van der Waals surface area (Å²) in [6.07, 6.45) is 3.36. The molecule has 19 heavy (non-hydrogen) atoms. The van der Waals surface area contributed by atoms with Gasteiger partial charge in [-0.15, -0.1) is 11.3 Å². The van der Waals surface area contributed by atoms with Gasteiger partial charge >= 0.3 is 5.97 Å². The summed E-state index contributed by atoms with van der Waals surface area (Å²) in [5.41, 5.74) is 0. The van der Waals surface area contributed by atoms with Crippen LogP contribution in [0.25, 0.3) is 6.08 Å². The summed E-state index contributed by atoms with van der Waals surface area (Å²) < 4.78 is 5.71. The Morgan fingerprint density at radius 3 is 2.79 bits per heavy atom. The fourth-order valence-electron chi connectivity index (χ4n) is 2.36. The number of ether oxygens (including phenoxy) is 1. The topological polar surface area (TPSA) is 49.8 Å². The van der Waals surface area contributed by atoms with Crippen molar-refractivity contribution in [2.24, 2.45) is 0 Å². The lowest BCUT2D eigenvalue weighted by molar-refractivity contribution is -0.131. The van der Waals surface area contributed by atoms with Crippen molar-refractivity contribution in [1.82, 2.24) is 4.90 Å². The highest BCUT2D eigenvalue weighted by Crippen LogP contribution is 2.21. The standard InChI is InChI=1S/C14H19NO3S/c1-10-7-15(8-11(2)18-10)9-13-4-3-12(19-13)5-6-14(16)17/h3-6,10-11H,7-9H2,1-2H3,(H,16,17)/b6-5+. The fourth-order valence-corrected chi connectivity index (χ4v) is 3.31. The van der Waals surface area contributed by atoms with Crippen LogP contribution in [0.1, 0.15) is 23.6 Å². The number of rotatable bonds is 4. The van der Waals surface area contributed by atoms with Crippen LogP contribution in [0.5, 0.6) is 0 Å². The second-order valence-electron chi connectivity index (χ2n) is 4.93. The summed E-state index contributed by atoms with van der Waals surface area (Å²) in [5, 5.41) is 8.60. The number of morpholine rings is 1. The minimum atomic E-state index is -0.911. The SMILES string of the molecule is CC1CN(Cc2ccc(/C=C/C(=O)O)s2)CC(C)O1. The van der Waals surface area contributed by atoms with Crippen molar-refractivity contribution in [3.05, 3.63) is 28.0 Å². The van der Waals surface area contributed by atoms with Crippen LogP contribution in [0, 0.1) is 0 Å². The summed E-state index contributed by atoms with van der Waals surface area (Å²) >= 11 is 1.64. The van der Waals surface area contributed by atoms with Crippen molar-refractivity contribution >= 4 is 23.4 Å². The van der Waals surface area contributed by atoms with Gasteiger partial charge in [0.1, 0.15) is 0 Å². The molecule has 2 unspecified atom stereocenters. The zero-order valence-electron chi connectivity index (χ0n) is 11.2. The van der Waals surface area contributed by atoms with Gasteiger partial charge in [-0.25, -0.2) is 4.79 Å². The molecule has 0 spiro atoms. The first-order chi connectivity index (χ1) is 9.02. The van der Waals surface area contributed by atoms with Gasteiger partial charge in [-0.1, -0.05) is 0 Å². The molecule has 1 aliphatic heterocycles. The van der Waals surface area contributed by atoms with Gasteiger partial charge in [-0.3, -0.25) is 4.90 Å². The lowest BCUT2D eigenvalue weighted by Gasteiger charge is -2.34. The molecule has 1 N–H and O–H groups in total. The van der Waals surface area contributed by atoms with Gasteiger partial charge in [0.15, 0.2) is 0 Å². The molecule has 0 bridgehead atoms. The molecule has 0 aromatic carbocycles. The number of aliphatic carboxylic acids is 1. The van der Waals surface area contributed by atoms with Crippen molar-refractivity contribution in [3.63, 3.8) is 0 Å². The maximum absolute atomic E-state index is 10.5. The van der Waals surface area contributed by atoms with E-state index >= 15 is 0 Å². The van der Waals surface area contributed by atoms with E-state index < -0.39 is 5.97 Å². The highest BCUT2D eigenvalue weighted by atomic mass is 32.1. The second-order valence-corrected chi connectivity index (χ2v) is 6.13. The summed E-state index contributed by atoms with van der Waals surface area (Å²) in [6, 6.07) is 4.03. The van der Waals surface area contributed by atoms with Crippen LogP contribution in [0.4, 0.5) is 0 Å². The molecule has 2 heterocycles. The van der Waals surface area contributed by atoms with E-state index in [1.165, 1.54) is 11.0 Å². The number of hydrogen-bond donors (Lipinski definition) is 1. The van der Waals surface area contributed by atoms with Crippen LogP contribution in [0.2, 0.25) is 0 Å². The van der Waals surface area contributed by atoms with E-state index in [0.717, 1.165) is 24.5 Å². The zero-order valence-corrected chi connectivity index (χ0v) is 12.0. The van der Waals surface area contributed by atoms with Crippen molar-refractivity contribution < 1.29 is 14.6 Å². The molecular weight excluding hydrogens is 262 g/mol. The highest BCUT2D eigenvalue weighted by Gasteiger charge is 2.22. The Kier molecular flexibility index (Phi) is 4.74. The second kappa shape index (κ2) is 6.32. The van der Waals surface area contributed by atoms with Gasteiger partial charge in [0.2, 0.25) is 0 Å².